The molecule has 1 heterocycles. The van der Waals surface area contributed by atoms with E-state index < -0.39 is 9.84 Å². The van der Waals surface area contributed by atoms with E-state index in [0.717, 1.165) is 26.2 Å². The number of sulfone groups is 1. The quantitative estimate of drug-likeness (QED) is 0.875. The molecule has 0 amide bonds. The van der Waals surface area contributed by atoms with Crippen molar-refractivity contribution in [2.75, 3.05) is 31.9 Å². The average molecular weight is 268 g/mol. The minimum Gasteiger partial charge on any atom is -0.314 e. The van der Waals surface area contributed by atoms with Crippen molar-refractivity contribution in [2.24, 2.45) is 0 Å². The highest BCUT2D eigenvalue weighted by atomic mass is 32.2. The molecule has 4 nitrogen and oxygen atoms in total. The maximum atomic E-state index is 12.2. The molecule has 0 aliphatic carbocycles. The molecule has 100 valence electrons. The first-order valence-electron chi connectivity index (χ1n) is 6.32. The molecular weight excluding hydrogens is 248 g/mol. The lowest BCUT2D eigenvalue weighted by atomic mass is 10.3. The third-order valence-corrected chi connectivity index (χ3v) is 5.25. The lowest BCUT2D eigenvalue weighted by Gasteiger charge is -2.32. The topological polar surface area (TPSA) is 49.4 Å². The predicted octanol–water partition coefficient (Wildman–Crippen LogP) is 0.754. The fraction of sp³-hybridized carbons (Fsp3) is 0.538. The Balaban J connectivity index is 2.04. The molecule has 0 saturated carbocycles. The van der Waals surface area contributed by atoms with E-state index in [2.05, 4.69) is 10.2 Å². The second-order valence-electron chi connectivity index (χ2n) is 4.73. The first-order valence-corrected chi connectivity index (χ1v) is 7.97. The van der Waals surface area contributed by atoms with Crippen LogP contribution in [0.4, 0.5) is 0 Å². The van der Waals surface area contributed by atoms with Gasteiger partial charge in [0.2, 0.25) is 0 Å². The molecule has 0 spiro atoms. The van der Waals surface area contributed by atoms with Crippen LogP contribution in [0.25, 0.3) is 0 Å². The lowest BCUT2D eigenvalue weighted by molar-refractivity contribution is 0.197. The molecule has 1 aliphatic rings. The molecule has 1 aliphatic heterocycles. The second-order valence-corrected chi connectivity index (χ2v) is 6.76. The third kappa shape index (κ3) is 3.31. The van der Waals surface area contributed by atoms with Crippen LogP contribution in [0.3, 0.4) is 0 Å². The van der Waals surface area contributed by atoms with Crippen LogP contribution in [-0.2, 0) is 9.84 Å². The number of nitrogens with one attached hydrogen (secondary N) is 1. The Hall–Kier alpha value is -0.910. The summed E-state index contributed by atoms with van der Waals surface area (Å²) < 4.78 is 24.5. The average Bonchev–Trinajstić information content (AvgIpc) is 2.40. The van der Waals surface area contributed by atoms with Gasteiger partial charge in [-0.3, -0.25) is 4.90 Å². The Morgan fingerprint density at radius 1 is 1.22 bits per heavy atom. The van der Waals surface area contributed by atoms with Gasteiger partial charge in [0.1, 0.15) is 0 Å². The highest BCUT2D eigenvalue weighted by Crippen LogP contribution is 2.13. The zero-order valence-corrected chi connectivity index (χ0v) is 11.5. The minimum absolute atomic E-state index is 0.0670. The molecular formula is C13H20N2O2S. The van der Waals surface area contributed by atoms with Crippen LogP contribution in [0.5, 0.6) is 0 Å². The van der Waals surface area contributed by atoms with Gasteiger partial charge in [0.25, 0.3) is 0 Å². The normalized spacial score (nSPS) is 19.6. The summed E-state index contributed by atoms with van der Waals surface area (Å²) in [5.41, 5.74) is 0. The number of nitrogens with zero attached hydrogens (tertiary/aromatic N) is 1. The molecule has 18 heavy (non-hydrogen) atoms. The van der Waals surface area contributed by atoms with Gasteiger partial charge in [-0.2, -0.15) is 0 Å². The van der Waals surface area contributed by atoms with Crippen molar-refractivity contribution >= 4 is 9.84 Å². The summed E-state index contributed by atoms with van der Waals surface area (Å²) in [5.74, 6) is 0.191. The van der Waals surface area contributed by atoms with Crippen LogP contribution in [0, 0.1) is 0 Å². The fourth-order valence-electron chi connectivity index (χ4n) is 2.27. The summed E-state index contributed by atoms with van der Waals surface area (Å²) >= 11 is 0. The van der Waals surface area contributed by atoms with Gasteiger partial charge < -0.3 is 5.32 Å². The summed E-state index contributed by atoms with van der Waals surface area (Å²) in [6.45, 7) is 5.72. The number of hydrogen-bond donors (Lipinski definition) is 1. The monoisotopic (exact) mass is 268 g/mol. The number of hydrogen-bond acceptors (Lipinski definition) is 4. The predicted molar refractivity (Wildman–Crippen MR) is 72.4 cm³/mol. The van der Waals surface area contributed by atoms with E-state index in [1.807, 2.05) is 13.0 Å². The lowest BCUT2D eigenvalue weighted by Crippen LogP contribution is -2.49. The van der Waals surface area contributed by atoms with Crippen LogP contribution in [0.2, 0.25) is 0 Å². The molecule has 1 aromatic rings. The molecule has 0 radical (unpaired) electrons. The highest BCUT2D eigenvalue weighted by Gasteiger charge is 2.23. The Labute approximate surface area is 109 Å². The Morgan fingerprint density at radius 2 is 1.83 bits per heavy atom. The van der Waals surface area contributed by atoms with E-state index in [4.69, 9.17) is 0 Å². The zero-order chi connectivity index (χ0) is 13.0. The van der Waals surface area contributed by atoms with E-state index in [1.54, 1.807) is 24.3 Å². The van der Waals surface area contributed by atoms with E-state index in [9.17, 15) is 8.42 Å². The zero-order valence-electron chi connectivity index (χ0n) is 10.7. The first-order chi connectivity index (χ1) is 8.59. The molecule has 0 bridgehead atoms. The summed E-state index contributed by atoms with van der Waals surface area (Å²) in [7, 11) is -3.17. The van der Waals surface area contributed by atoms with Gasteiger partial charge in [-0.1, -0.05) is 18.2 Å². The van der Waals surface area contributed by atoms with Gasteiger partial charge in [-0.15, -0.1) is 0 Å². The molecule has 1 aromatic carbocycles. The fourth-order valence-corrected chi connectivity index (χ4v) is 3.88. The standard InChI is InChI=1S/C13H20N2O2S/c1-12(15-9-7-14-8-10-15)11-18(16,17)13-5-3-2-4-6-13/h2-6,12,14H,7-11H2,1H3. The van der Waals surface area contributed by atoms with Crippen LogP contribution >= 0.6 is 0 Å². The Bertz CT molecular complexity index is 467. The van der Waals surface area contributed by atoms with Crippen LogP contribution in [-0.4, -0.2) is 51.3 Å². The second kappa shape index (κ2) is 5.82. The smallest absolute Gasteiger partial charge is 0.179 e. The van der Waals surface area contributed by atoms with Crippen molar-refractivity contribution in [3.63, 3.8) is 0 Å². The number of piperazine rings is 1. The molecule has 5 heteroatoms. The van der Waals surface area contributed by atoms with Gasteiger partial charge in [-0.05, 0) is 19.1 Å². The molecule has 1 atom stereocenters. The number of benzene rings is 1. The van der Waals surface area contributed by atoms with Gasteiger partial charge in [0.05, 0.1) is 10.6 Å². The van der Waals surface area contributed by atoms with Crippen molar-refractivity contribution in [3.05, 3.63) is 30.3 Å². The van der Waals surface area contributed by atoms with E-state index in [1.165, 1.54) is 0 Å². The van der Waals surface area contributed by atoms with E-state index in [0.29, 0.717) is 4.90 Å². The third-order valence-electron chi connectivity index (χ3n) is 3.34. The Morgan fingerprint density at radius 3 is 2.44 bits per heavy atom. The SMILES string of the molecule is CC(CS(=O)(=O)c1ccccc1)N1CCNCC1. The van der Waals surface area contributed by atoms with Crippen LogP contribution in [0.1, 0.15) is 6.92 Å². The van der Waals surface area contributed by atoms with Crippen LogP contribution in [0.15, 0.2) is 35.2 Å². The van der Waals surface area contributed by atoms with E-state index in [-0.39, 0.29) is 11.8 Å². The van der Waals surface area contributed by atoms with Gasteiger partial charge >= 0.3 is 0 Å². The molecule has 1 saturated heterocycles. The Kier molecular flexibility index (Phi) is 4.37. The van der Waals surface area contributed by atoms with Gasteiger partial charge in [0.15, 0.2) is 9.84 Å². The summed E-state index contributed by atoms with van der Waals surface area (Å²) in [6, 6.07) is 8.76. The summed E-state index contributed by atoms with van der Waals surface area (Å²) in [6.07, 6.45) is 0. The van der Waals surface area contributed by atoms with Crippen molar-refractivity contribution in [1.82, 2.24) is 10.2 Å². The molecule has 0 aromatic heterocycles. The van der Waals surface area contributed by atoms with Crippen molar-refractivity contribution in [2.45, 2.75) is 17.9 Å². The van der Waals surface area contributed by atoms with Crippen molar-refractivity contribution < 1.29 is 8.42 Å². The molecule has 1 fully saturated rings. The first kappa shape index (κ1) is 13.5. The molecule has 2 rings (SSSR count). The van der Waals surface area contributed by atoms with E-state index >= 15 is 0 Å². The van der Waals surface area contributed by atoms with Gasteiger partial charge in [0, 0.05) is 32.2 Å². The van der Waals surface area contributed by atoms with Crippen molar-refractivity contribution in [3.8, 4) is 0 Å². The maximum Gasteiger partial charge on any atom is 0.179 e. The largest absolute Gasteiger partial charge is 0.314 e. The molecule has 1 N–H and O–H groups in total. The highest BCUT2D eigenvalue weighted by molar-refractivity contribution is 7.91. The molecule has 1 unspecified atom stereocenters. The summed E-state index contributed by atoms with van der Waals surface area (Å²) in [5, 5.41) is 3.27. The number of rotatable bonds is 4. The van der Waals surface area contributed by atoms with Crippen LogP contribution < -0.4 is 5.32 Å². The maximum absolute atomic E-state index is 12.2. The van der Waals surface area contributed by atoms with Gasteiger partial charge in [-0.25, -0.2) is 8.42 Å². The van der Waals surface area contributed by atoms with Crippen molar-refractivity contribution in [1.29, 1.82) is 0 Å². The minimum atomic E-state index is -3.17. The summed E-state index contributed by atoms with van der Waals surface area (Å²) in [4.78, 5) is 2.66.